The Hall–Kier alpha value is -1.66. The Morgan fingerprint density at radius 3 is 2.68 bits per heavy atom. The molecule has 1 rings (SSSR count). The normalized spacial score (nSPS) is 10.6. The van der Waals surface area contributed by atoms with Crippen LogP contribution in [-0.4, -0.2) is 40.1 Å². The van der Waals surface area contributed by atoms with E-state index < -0.39 is 0 Å². The van der Waals surface area contributed by atoms with Gasteiger partial charge in [0.15, 0.2) is 0 Å². The predicted octanol–water partition coefficient (Wildman–Crippen LogP) is 0.772. The number of amides is 1. The third kappa shape index (κ3) is 3.90. The maximum atomic E-state index is 12.4. The van der Waals surface area contributed by atoms with E-state index in [-0.39, 0.29) is 18.6 Å². The van der Waals surface area contributed by atoms with Crippen LogP contribution in [0.15, 0.2) is 12.1 Å². The first kappa shape index (κ1) is 15.4. The number of carbonyl (C=O) groups is 1. The van der Waals surface area contributed by atoms with E-state index in [1.807, 2.05) is 20.8 Å². The van der Waals surface area contributed by atoms with Crippen molar-refractivity contribution >= 4 is 11.7 Å². The molecular formula is C13H22N4O2. The van der Waals surface area contributed by atoms with E-state index in [1.165, 1.54) is 0 Å². The maximum Gasteiger partial charge on any atom is 0.254 e. The summed E-state index contributed by atoms with van der Waals surface area (Å²) in [4.78, 5) is 18.3. The molecule has 0 aliphatic heterocycles. The summed E-state index contributed by atoms with van der Waals surface area (Å²) in [6.45, 7) is 6.04. The average molecular weight is 266 g/mol. The van der Waals surface area contributed by atoms with Gasteiger partial charge in [-0.25, -0.2) is 10.8 Å². The van der Waals surface area contributed by atoms with E-state index in [9.17, 15) is 4.79 Å². The molecule has 0 radical (unpaired) electrons. The van der Waals surface area contributed by atoms with Crippen molar-refractivity contribution in [2.45, 2.75) is 33.2 Å². The Balaban J connectivity index is 3.09. The fourth-order valence-electron chi connectivity index (χ4n) is 1.83. The molecule has 0 unspecified atom stereocenters. The van der Waals surface area contributed by atoms with Gasteiger partial charge in [-0.05, 0) is 32.4 Å². The molecule has 0 fully saturated rings. The van der Waals surface area contributed by atoms with E-state index in [1.54, 1.807) is 17.0 Å². The fourth-order valence-corrected chi connectivity index (χ4v) is 1.83. The molecule has 4 N–H and O–H groups in total. The van der Waals surface area contributed by atoms with E-state index in [2.05, 4.69) is 10.4 Å². The summed E-state index contributed by atoms with van der Waals surface area (Å²) in [7, 11) is 0. The summed E-state index contributed by atoms with van der Waals surface area (Å²) in [6, 6.07) is 3.40. The van der Waals surface area contributed by atoms with Gasteiger partial charge in [0.1, 0.15) is 5.82 Å². The maximum absolute atomic E-state index is 12.4. The van der Waals surface area contributed by atoms with Crippen molar-refractivity contribution in [1.29, 1.82) is 0 Å². The van der Waals surface area contributed by atoms with Crippen LogP contribution >= 0.6 is 0 Å². The number of nitrogens with two attached hydrogens (primary N) is 1. The number of hydrogen-bond acceptors (Lipinski definition) is 5. The zero-order valence-electron chi connectivity index (χ0n) is 11.7. The van der Waals surface area contributed by atoms with Crippen LogP contribution in [0.25, 0.3) is 0 Å². The molecule has 0 saturated heterocycles. The first-order chi connectivity index (χ1) is 9.03. The van der Waals surface area contributed by atoms with Crippen molar-refractivity contribution in [3.05, 3.63) is 23.4 Å². The monoisotopic (exact) mass is 266 g/mol. The van der Waals surface area contributed by atoms with E-state index in [0.717, 1.165) is 12.1 Å². The standard InChI is InChI=1S/C13H22N4O2/c1-4-11-7-10(8-12(15-11)16-14)13(19)17(5-6-18)9(2)3/h7-9,18H,4-6,14H2,1-3H3,(H,15,16). The molecule has 0 aliphatic carbocycles. The van der Waals surface area contributed by atoms with Crippen LogP contribution in [0.5, 0.6) is 0 Å². The van der Waals surface area contributed by atoms with Crippen LogP contribution in [-0.2, 0) is 6.42 Å². The molecule has 1 amide bonds. The second kappa shape index (κ2) is 7.06. The molecule has 106 valence electrons. The second-order valence-corrected chi connectivity index (χ2v) is 4.55. The number of nitrogens with zero attached hydrogens (tertiary/aromatic N) is 2. The van der Waals surface area contributed by atoms with Gasteiger partial charge in [-0.2, -0.15) is 0 Å². The predicted molar refractivity (Wildman–Crippen MR) is 74.7 cm³/mol. The van der Waals surface area contributed by atoms with Gasteiger partial charge in [0.2, 0.25) is 0 Å². The van der Waals surface area contributed by atoms with E-state index >= 15 is 0 Å². The molecule has 1 aromatic rings. The topological polar surface area (TPSA) is 91.5 Å². The number of aliphatic hydroxyl groups is 1. The Bertz CT molecular complexity index is 412. The van der Waals surface area contributed by atoms with Gasteiger partial charge in [-0.15, -0.1) is 0 Å². The minimum atomic E-state index is -0.127. The Morgan fingerprint density at radius 1 is 1.53 bits per heavy atom. The molecule has 6 heteroatoms. The lowest BCUT2D eigenvalue weighted by Gasteiger charge is -2.26. The lowest BCUT2D eigenvalue weighted by molar-refractivity contribution is 0.0665. The van der Waals surface area contributed by atoms with Gasteiger partial charge in [-0.3, -0.25) is 4.79 Å². The lowest BCUT2D eigenvalue weighted by atomic mass is 10.1. The Kier molecular flexibility index (Phi) is 5.72. The number of rotatable bonds is 6. The van der Waals surface area contributed by atoms with Crippen LogP contribution in [0.4, 0.5) is 5.82 Å². The molecular weight excluding hydrogens is 244 g/mol. The molecule has 0 aromatic carbocycles. The van der Waals surface area contributed by atoms with Crippen LogP contribution in [0.3, 0.4) is 0 Å². The number of hydrazine groups is 1. The number of carbonyl (C=O) groups excluding carboxylic acids is 1. The van der Waals surface area contributed by atoms with Gasteiger partial charge < -0.3 is 15.4 Å². The number of pyridine rings is 1. The molecule has 1 heterocycles. The Labute approximate surface area is 113 Å². The molecule has 1 aromatic heterocycles. The molecule has 0 atom stereocenters. The molecule has 0 aliphatic rings. The first-order valence-electron chi connectivity index (χ1n) is 6.42. The highest BCUT2D eigenvalue weighted by atomic mass is 16.3. The van der Waals surface area contributed by atoms with E-state index in [0.29, 0.717) is 17.9 Å². The van der Waals surface area contributed by atoms with Crippen LogP contribution in [0.2, 0.25) is 0 Å². The van der Waals surface area contributed by atoms with Crippen molar-refractivity contribution in [3.63, 3.8) is 0 Å². The van der Waals surface area contributed by atoms with Crippen LogP contribution in [0.1, 0.15) is 36.8 Å². The highest BCUT2D eigenvalue weighted by Crippen LogP contribution is 2.14. The molecule has 0 saturated carbocycles. The first-order valence-corrected chi connectivity index (χ1v) is 6.42. The highest BCUT2D eigenvalue weighted by molar-refractivity contribution is 5.95. The van der Waals surface area contributed by atoms with Crippen LogP contribution < -0.4 is 11.3 Å². The summed E-state index contributed by atoms with van der Waals surface area (Å²) in [6.07, 6.45) is 0.720. The van der Waals surface area contributed by atoms with Crippen molar-refractivity contribution in [2.75, 3.05) is 18.6 Å². The summed E-state index contributed by atoms with van der Waals surface area (Å²) >= 11 is 0. The van der Waals surface area contributed by atoms with Crippen LogP contribution in [0, 0.1) is 0 Å². The molecule has 0 spiro atoms. The van der Waals surface area contributed by atoms with Gasteiger partial charge in [0, 0.05) is 23.8 Å². The van der Waals surface area contributed by atoms with Crippen molar-refractivity contribution in [2.24, 2.45) is 5.84 Å². The number of nitrogens with one attached hydrogen (secondary N) is 1. The summed E-state index contributed by atoms with van der Waals surface area (Å²) in [5, 5.41) is 9.04. The van der Waals surface area contributed by atoms with Crippen molar-refractivity contribution < 1.29 is 9.90 Å². The number of hydrogen-bond donors (Lipinski definition) is 3. The number of aliphatic hydroxyl groups excluding tert-OH is 1. The fraction of sp³-hybridized carbons (Fsp3) is 0.538. The van der Waals surface area contributed by atoms with E-state index in [4.69, 9.17) is 10.9 Å². The third-order valence-electron chi connectivity index (χ3n) is 2.86. The minimum absolute atomic E-state index is 0.0205. The lowest BCUT2D eigenvalue weighted by Crippen LogP contribution is -2.39. The minimum Gasteiger partial charge on any atom is -0.395 e. The van der Waals surface area contributed by atoms with Gasteiger partial charge in [0.25, 0.3) is 5.91 Å². The number of aromatic nitrogens is 1. The molecule has 0 bridgehead atoms. The number of anilines is 1. The number of nitrogen functional groups attached to an aromatic ring is 1. The van der Waals surface area contributed by atoms with Crippen molar-refractivity contribution in [1.82, 2.24) is 9.88 Å². The highest BCUT2D eigenvalue weighted by Gasteiger charge is 2.19. The third-order valence-corrected chi connectivity index (χ3v) is 2.86. The second-order valence-electron chi connectivity index (χ2n) is 4.55. The summed E-state index contributed by atoms with van der Waals surface area (Å²) < 4.78 is 0. The zero-order chi connectivity index (χ0) is 14.4. The summed E-state index contributed by atoms with van der Waals surface area (Å²) in [5.74, 6) is 5.70. The smallest absolute Gasteiger partial charge is 0.254 e. The molecule has 19 heavy (non-hydrogen) atoms. The number of aryl methyl sites for hydroxylation is 1. The zero-order valence-corrected chi connectivity index (χ0v) is 11.7. The molecule has 6 nitrogen and oxygen atoms in total. The van der Waals surface area contributed by atoms with Gasteiger partial charge in [-0.1, -0.05) is 6.92 Å². The van der Waals surface area contributed by atoms with Gasteiger partial charge in [0.05, 0.1) is 6.61 Å². The quantitative estimate of drug-likeness (QED) is 0.522. The summed E-state index contributed by atoms with van der Waals surface area (Å²) in [5.41, 5.74) is 3.79. The average Bonchev–Trinajstić information content (AvgIpc) is 2.42. The SMILES string of the molecule is CCc1cc(C(=O)N(CCO)C(C)C)cc(NN)n1. The largest absolute Gasteiger partial charge is 0.395 e. The van der Waals surface area contributed by atoms with Gasteiger partial charge >= 0.3 is 0 Å². The van der Waals surface area contributed by atoms with Crippen molar-refractivity contribution in [3.8, 4) is 0 Å². The Morgan fingerprint density at radius 2 is 2.21 bits per heavy atom.